The van der Waals surface area contributed by atoms with Gasteiger partial charge in [-0.2, -0.15) is 0 Å². The average molecular weight is 202 g/mol. The molecule has 1 heterocycles. The second-order valence-electron chi connectivity index (χ2n) is 3.07. The number of carbonyl (C=O) groups is 1. The summed E-state index contributed by atoms with van der Waals surface area (Å²) in [5, 5.41) is 1.52. The van der Waals surface area contributed by atoms with Crippen LogP contribution in [0.1, 0.15) is 10.4 Å². The lowest BCUT2D eigenvalue weighted by Crippen LogP contribution is -2.14. The van der Waals surface area contributed by atoms with Gasteiger partial charge in [0, 0.05) is 11.6 Å². The molecule has 0 aliphatic carbocycles. The highest BCUT2D eigenvalue weighted by molar-refractivity contribution is 6.08. The molecule has 0 aliphatic rings. The van der Waals surface area contributed by atoms with Gasteiger partial charge in [-0.05, 0) is 5.39 Å². The number of nitrogens with zero attached hydrogens (tertiary/aromatic N) is 1. The lowest BCUT2D eigenvalue weighted by Gasteiger charge is -2.06. The highest BCUT2D eigenvalue weighted by atomic mass is 16.1. The topological polar surface area (TPSA) is 94.0 Å². The molecule has 15 heavy (non-hydrogen) atoms. The van der Waals surface area contributed by atoms with Crippen molar-refractivity contribution in [3.8, 4) is 0 Å². The fraction of sp³-hybridized carbons (Fsp3) is 0. The normalized spacial score (nSPS) is 10.2. The number of amides is 1. The minimum Gasteiger partial charge on any atom is -0.366 e. The van der Waals surface area contributed by atoms with E-state index in [0.717, 1.165) is 10.8 Å². The van der Waals surface area contributed by atoms with Crippen molar-refractivity contribution in [3.05, 3.63) is 36.0 Å². The van der Waals surface area contributed by atoms with Gasteiger partial charge in [0.15, 0.2) is 0 Å². The lowest BCUT2D eigenvalue weighted by molar-refractivity contribution is 0.100. The molecule has 0 spiro atoms. The van der Waals surface area contributed by atoms with E-state index >= 15 is 0 Å². The Morgan fingerprint density at radius 1 is 1.27 bits per heavy atom. The molecule has 2 rings (SSSR count). The third-order valence-corrected chi connectivity index (χ3v) is 2.20. The van der Waals surface area contributed by atoms with Crippen LogP contribution in [0.3, 0.4) is 0 Å². The molecule has 0 atom stereocenters. The van der Waals surface area contributed by atoms with Gasteiger partial charge in [0.05, 0.1) is 5.56 Å². The van der Waals surface area contributed by atoms with Crippen LogP contribution in [0.15, 0.2) is 30.5 Å². The fourth-order valence-corrected chi connectivity index (χ4v) is 1.50. The number of benzene rings is 1. The Morgan fingerprint density at radius 2 is 1.93 bits per heavy atom. The smallest absolute Gasteiger partial charge is 0.250 e. The van der Waals surface area contributed by atoms with Crippen molar-refractivity contribution in [1.82, 2.24) is 4.98 Å². The number of rotatable bonds is 2. The first-order chi connectivity index (χ1) is 7.24. The summed E-state index contributed by atoms with van der Waals surface area (Å²) in [5.41, 5.74) is 8.11. The van der Waals surface area contributed by atoms with Gasteiger partial charge in [0.2, 0.25) is 0 Å². The monoisotopic (exact) mass is 202 g/mol. The van der Waals surface area contributed by atoms with Gasteiger partial charge in [-0.15, -0.1) is 0 Å². The lowest BCUT2D eigenvalue weighted by atomic mass is 10.1. The summed E-state index contributed by atoms with van der Waals surface area (Å²) in [7, 11) is 0. The van der Waals surface area contributed by atoms with E-state index in [1.54, 1.807) is 6.07 Å². The third-order valence-electron chi connectivity index (χ3n) is 2.20. The van der Waals surface area contributed by atoms with Crippen LogP contribution in [0, 0.1) is 0 Å². The maximum Gasteiger partial charge on any atom is 0.250 e. The summed E-state index contributed by atoms with van der Waals surface area (Å²) in [5.74, 6) is 5.34. The Balaban J connectivity index is 2.83. The molecule has 0 fully saturated rings. The van der Waals surface area contributed by atoms with Crippen LogP contribution in [0.2, 0.25) is 0 Å². The highest BCUT2D eigenvalue weighted by Crippen LogP contribution is 2.23. The number of hydrogen-bond donors (Lipinski definition) is 3. The molecule has 0 saturated carbocycles. The largest absolute Gasteiger partial charge is 0.366 e. The average Bonchev–Trinajstić information content (AvgIpc) is 2.27. The first kappa shape index (κ1) is 9.42. The van der Waals surface area contributed by atoms with Gasteiger partial charge in [-0.25, -0.2) is 10.8 Å². The number of aromatic nitrogens is 1. The van der Waals surface area contributed by atoms with E-state index in [0.29, 0.717) is 11.4 Å². The Hall–Kier alpha value is -2.14. The number of fused-ring (bicyclic) bond motifs is 1. The van der Waals surface area contributed by atoms with E-state index in [1.165, 1.54) is 6.20 Å². The van der Waals surface area contributed by atoms with Crippen molar-refractivity contribution in [1.29, 1.82) is 0 Å². The zero-order valence-corrected chi connectivity index (χ0v) is 7.90. The molecule has 0 aliphatic heterocycles. The minimum absolute atomic E-state index is 0.393. The molecule has 2 aromatic rings. The van der Waals surface area contributed by atoms with Crippen molar-refractivity contribution >= 4 is 22.5 Å². The van der Waals surface area contributed by atoms with E-state index in [9.17, 15) is 4.79 Å². The second-order valence-corrected chi connectivity index (χ2v) is 3.07. The van der Waals surface area contributed by atoms with Gasteiger partial charge in [0.1, 0.15) is 5.82 Å². The maximum atomic E-state index is 11.1. The van der Waals surface area contributed by atoms with E-state index in [4.69, 9.17) is 11.6 Å². The van der Waals surface area contributed by atoms with Gasteiger partial charge >= 0.3 is 0 Å². The molecule has 0 saturated heterocycles. The van der Waals surface area contributed by atoms with E-state index < -0.39 is 5.91 Å². The molecular weight excluding hydrogens is 192 g/mol. The van der Waals surface area contributed by atoms with Gasteiger partial charge in [0.25, 0.3) is 5.91 Å². The second kappa shape index (κ2) is 3.55. The number of primary amides is 1. The number of hydrogen-bond acceptors (Lipinski definition) is 4. The predicted molar refractivity (Wildman–Crippen MR) is 58.1 cm³/mol. The molecule has 76 valence electrons. The molecule has 1 amide bonds. The summed E-state index contributed by atoms with van der Waals surface area (Å²) in [6.45, 7) is 0. The zero-order valence-electron chi connectivity index (χ0n) is 7.90. The Kier molecular flexibility index (Phi) is 2.23. The van der Waals surface area contributed by atoms with Crippen LogP contribution in [0.4, 0.5) is 5.82 Å². The number of pyridine rings is 1. The molecule has 0 radical (unpaired) electrons. The number of hydrazine groups is 1. The number of carbonyl (C=O) groups excluding carboxylic acids is 1. The van der Waals surface area contributed by atoms with E-state index in [2.05, 4.69) is 10.4 Å². The fourth-order valence-electron chi connectivity index (χ4n) is 1.50. The van der Waals surface area contributed by atoms with Crippen molar-refractivity contribution in [2.45, 2.75) is 0 Å². The third kappa shape index (κ3) is 1.49. The molecule has 5 heteroatoms. The zero-order chi connectivity index (χ0) is 10.8. The summed E-state index contributed by atoms with van der Waals surface area (Å²) in [6.07, 6.45) is 1.42. The van der Waals surface area contributed by atoms with Crippen LogP contribution in [-0.2, 0) is 0 Å². The first-order valence-electron chi connectivity index (χ1n) is 4.38. The number of nitrogens with two attached hydrogens (primary N) is 2. The number of anilines is 1. The van der Waals surface area contributed by atoms with Crippen molar-refractivity contribution in [3.63, 3.8) is 0 Å². The molecule has 0 unspecified atom stereocenters. The maximum absolute atomic E-state index is 11.1. The number of nitrogens with one attached hydrogen (secondary N) is 1. The molecule has 1 aromatic carbocycles. The highest BCUT2D eigenvalue weighted by Gasteiger charge is 2.09. The molecule has 5 N–H and O–H groups in total. The van der Waals surface area contributed by atoms with Gasteiger partial charge in [-0.1, -0.05) is 24.3 Å². The van der Waals surface area contributed by atoms with Crippen LogP contribution in [0.5, 0.6) is 0 Å². The molecule has 0 bridgehead atoms. The summed E-state index contributed by atoms with van der Waals surface area (Å²) < 4.78 is 0. The van der Waals surface area contributed by atoms with Crippen molar-refractivity contribution < 1.29 is 4.79 Å². The van der Waals surface area contributed by atoms with Gasteiger partial charge < -0.3 is 11.2 Å². The van der Waals surface area contributed by atoms with E-state index in [-0.39, 0.29) is 0 Å². The Labute approximate surface area is 86.1 Å². The summed E-state index contributed by atoms with van der Waals surface area (Å²) >= 11 is 0. The van der Waals surface area contributed by atoms with Crippen molar-refractivity contribution in [2.75, 3.05) is 5.43 Å². The van der Waals surface area contributed by atoms with Crippen LogP contribution in [-0.4, -0.2) is 10.9 Å². The standard InChI is InChI=1S/C10H10N4O/c11-9(15)8-5-13-10(14-12)7-4-2-1-3-6(7)8/h1-5H,12H2,(H2,11,15)(H,13,14). The first-order valence-corrected chi connectivity index (χ1v) is 4.38. The van der Waals surface area contributed by atoms with Crippen LogP contribution >= 0.6 is 0 Å². The van der Waals surface area contributed by atoms with Gasteiger partial charge in [-0.3, -0.25) is 4.79 Å². The molecular formula is C10H10N4O. The quantitative estimate of drug-likeness (QED) is 0.491. The van der Waals surface area contributed by atoms with Crippen LogP contribution in [0.25, 0.3) is 10.8 Å². The Morgan fingerprint density at radius 3 is 2.53 bits per heavy atom. The Bertz CT molecular complexity index is 524. The summed E-state index contributed by atoms with van der Waals surface area (Å²) in [6, 6.07) is 7.30. The van der Waals surface area contributed by atoms with E-state index in [1.807, 2.05) is 18.2 Å². The minimum atomic E-state index is -0.498. The SMILES string of the molecule is NNc1ncc(C(N)=O)c2ccccc12. The molecule has 1 aromatic heterocycles. The molecule has 5 nitrogen and oxygen atoms in total. The van der Waals surface area contributed by atoms with Crippen molar-refractivity contribution in [2.24, 2.45) is 11.6 Å². The number of nitrogen functional groups attached to an aromatic ring is 1. The van der Waals surface area contributed by atoms with Crippen LogP contribution < -0.4 is 17.0 Å². The predicted octanol–water partition coefficient (Wildman–Crippen LogP) is 0.619. The summed E-state index contributed by atoms with van der Waals surface area (Å²) in [4.78, 5) is 15.2.